The Morgan fingerprint density at radius 1 is 1.25 bits per heavy atom. The second kappa shape index (κ2) is 6.39. The predicted octanol–water partition coefficient (Wildman–Crippen LogP) is 3.15. The first-order chi connectivity index (χ1) is 9.58. The zero-order chi connectivity index (χ0) is 14.7. The van der Waals surface area contributed by atoms with Crippen LogP contribution in [0.4, 0.5) is 0 Å². The average molecular weight is 291 g/mol. The second-order valence-electron chi connectivity index (χ2n) is 4.98. The third-order valence-electron chi connectivity index (χ3n) is 3.74. The molecule has 1 aromatic heterocycles. The number of methoxy groups -OCH3 is 1. The van der Waals surface area contributed by atoms with Crippen molar-refractivity contribution >= 4 is 11.3 Å². The van der Waals surface area contributed by atoms with Crippen molar-refractivity contribution in [3.63, 3.8) is 0 Å². The van der Waals surface area contributed by atoms with Crippen LogP contribution in [0, 0.1) is 13.8 Å². The van der Waals surface area contributed by atoms with Gasteiger partial charge in [0, 0.05) is 12.5 Å². The van der Waals surface area contributed by atoms with Gasteiger partial charge >= 0.3 is 0 Å². The van der Waals surface area contributed by atoms with Gasteiger partial charge in [-0.05, 0) is 42.0 Å². The van der Waals surface area contributed by atoms with Gasteiger partial charge in [0.05, 0.1) is 18.1 Å². The van der Waals surface area contributed by atoms with Gasteiger partial charge in [0.15, 0.2) is 0 Å². The molecule has 2 atom stereocenters. The molecule has 3 N–H and O–H groups in total. The van der Waals surface area contributed by atoms with E-state index in [4.69, 9.17) is 10.5 Å². The van der Waals surface area contributed by atoms with Gasteiger partial charge in [-0.2, -0.15) is 0 Å². The van der Waals surface area contributed by atoms with Crippen LogP contribution in [0.5, 0.6) is 5.75 Å². The Balaban J connectivity index is 2.34. The SMILES string of the molecule is COc1ccsc1C(O)C(CN)c1ccc(C)c(C)c1. The highest BCUT2D eigenvalue weighted by Crippen LogP contribution is 2.38. The van der Waals surface area contributed by atoms with Crippen LogP contribution in [0.15, 0.2) is 29.6 Å². The average Bonchev–Trinajstić information content (AvgIpc) is 2.91. The maximum absolute atomic E-state index is 10.6. The Labute approximate surface area is 124 Å². The van der Waals surface area contributed by atoms with Gasteiger partial charge in [0.2, 0.25) is 0 Å². The van der Waals surface area contributed by atoms with Crippen LogP contribution in [0.2, 0.25) is 0 Å². The van der Waals surface area contributed by atoms with E-state index >= 15 is 0 Å². The molecule has 2 unspecified atom stereocenters. The van der Waals surface area contributed by atoms with Crippen molar-refractivity contribution in [1.82, 2.24) is 0 Å². The molecular weight excluding hydrogens is 270 g/mol. The van der Waals surface area contributed by atoms with Crippen molar-refractivity contribution in [2.75, 3.05) is 13.7 Å². The van der Waals surface area contributed by atoms with E-state index in [2.05, 4.69) is 26.0 Å². The minimum atomic E-state index is -0.642. The topological polar surface area (TPSA) is 55.5 Å². The Kier molecular flexibility index (Phi) is 4.81. The fourth-order valence-corrected chi connectivity index (χ4v) is 3.23. The van der Waals surface area contributed by atoms with Gasteiger partial charge in [-0.1, -0.05) is 18.2 Å². The first-order valence-electron chi connectivity index (χ1n) is 6.65. The summed E-state index contributed by atoms with van der Waals surface area (Å²) in [6.07, 6.45) is -0.642. The Morgan fingerprint density at radius 2 is 2.00 bits per heavy atom. The number of aryl methyl sites for hydroxylation is 2. The molecule has 0 radical (unpaired) electrons. The Morgan fingerprint density at radius 3 is 2.60 bits per heavy atom. The third-order valence-corrected chi connectivity index (χ3v) is 4.71. The predicted molar refractivity (Wildman–Crippen MR) is 83.5 cm³/mol. The molecule has 1 heterocycles. The molecule has 0 aliphatic heterocycles. The van der Waals surface area contributed by atoms with Crippen LogP contribution in [-0.4, -0.2) is 18.8 Å². The number of hydrogen-bond acceptors (Lipinski definition) is 4. The lowest BCUT2D eigenvalue weighted by atomic mass is 9.90. The molecule has 0 spiro atoms. The molecule has 4 heteroatoms. The number of rotatable bonds is 5. The number of aliphatic hydroxyl groups is 1. The van der Waals surface area contributed by atoms with E-state index in [1.807, 2.05) is 17.5 Å². The van der Waals surface area contributed by atoms with Crippen molar-refractivity contribution in [3.8, 4) is 5.75 Å². The van der Waals surface area contributed by atoms with E-state index in [0.29, 0.717) is 6.54 Å². The zero-order valence-electron chi connectivity index (χ0n) is 12.1. The molecule has 108 valence electrons. The molecule has 1 aromatic carbocycles. The van der Waals surface area contributed by atoms with Crippen LogP contribution in [0.3, 0.4) is 0 Å². The van der Waals surface area contributed by atoms with E-state index in [-0.39, 0.29) is 5.92 Å². The van der Waals surface area contributed by atoms with Gasteiger partial charge in [-0.15, -0.1) is 11.3 Å². The molecule has 0 aliphatic carbocycles. The quantitative estimate of drug-likeness (QED) is 0.889. The molecule has 0 bridgehead atoms. The summed E-state index contributed by atoms with van der Waals surface area (Å²) in [6.45, 7) is 4.55. The Bertz CT molecular complexity index is 580. The van der Waals surface area contributed by atoms with E-state index < -0.39 is 6.10 Å². The number of ether oxygens (including phenoxy) is 1. The molecule has 0 saturated carbocycles. The number of nitrogens with two attached hydrogens (primary N) is 1. The zero-order valence-corrected chi connectivity index (χ0v) is 12.9. The highest BCUT2D eigenvalue weighted by molar-refractivity contribution is 7.10. The van der Waals surface area contributed by atoms with Crippen molar-refractivity contribution < 1.29 is 9.84 Å². The number of hydrogen-bond donors (Lipinski definition) is 2. The first-order valence-corrected chi connectivity index (χ1v) is 7.53. The molecular formula is C16H21NO2S. The van der Waals surface area contributed by atoms with E-state index in [9.17, 15) is 5.11 Å². The smallest absolute Gasteiger partial charge is 0.135 e. The van der Waals surface area contributed by atoms with Gasteiger partial charge in [0.25, 0.3) is 0 Å². The molecule has 2 aromatic rings. The maximum atomic E-state index is 10.6. The van der Waals surface area contributed by atoms with Crippen molar-refractivity contribution in [2.45, 2.75) is 25.9 Å². The van der Waals surface area contributed by atoms with E-state index in [1.54, 1.807) is 7.11 Å². The summed E-state index contributed by atoms with van der Waals surface area (Å²) in [5.41, 5.74) is 9.42. The van der Waals surface area contributed by atoms with Gasteiger partial charge < -0.3 is 15.6 Å². The lowest BCUT2D eigenvalue weighted by Gasteiger charge is -2.22. The fourth-order valence-electron chi connectivity index (χ4n) is 2.32. The van der Waals surface area contributed by atoms with Gasteiger partial charge in [-0.25, -0.2) is 0 Å². The summed E-state index contributed by atoms with van der Waals surface area (Å²) in [6, 6.07) is 8.10. The van der Waals surface area contributed by atoms with Crippen LogP contribution < -0.4 is 10.5 Å². The van der Waals surface area contributed by atoms with Crippen molar-refractivity contribution in [2.24, 2.45) is 5.73 Å². The summed E-state index contributed by atoms with van der Waals surface area (Å²) in [4.78, 5) is 0.834. The highest BCUT2D eigenvalue weighted by atomic mass is 32.1. The van der Waals surface area contributed by atoms with Gasteiger partial charge in [-0.3, -0.25) is 0 Å². The second-order valence-corrected chi connectivity index (χ2v) is 5.93. The summed E-state index contributed by atoms with van der Waals surface area (Å²) in [5, 5.41) is 12.6. The lowest BCUT2D eigenvalue weighted by molar-refractivity contribution is 0.148. The summed E-state index contributed by atoms with van der Waals surface area (Å²) < 4.78 is 5.29. The first kappa shape index (κ1) is 15.0. The molecule has 3 nitrogen and oxygen atoms in total. The molecule has 0 saturated heterocycles. The normalized spacial score (nSPS) is 14.1. The number of thiophene rings is 1. The maximum Gasteiger partial charge on any atom is 0.135 e. The van der Waals surface area contributed by atoms with Crippen LogP contribution in [-0.2, 0) is 0 Å². The monoisotopic (exact) mass is 291 g/mol. The van der Waals surface area contributed by atoms with Crippen LogP contribution in [0.1, 0.15) is 33.6 Å². The minimum absolute atomic E-state index is 0.123. The molecule has 0 fully saturated rings. The summed E-state index contributed by atoms with van der Waals surface area (Å²) >= 11 is 1.50. The van der Waals surface area contributed by atoms with Crippen LogP contribution >= 0.6 is 11.3 Å². The molecule has 0 aliphatic rings. The van der Waals surface area contributed by atoms with Crippen LogP contribution in [0.25, 0.3) is 0 Å². The standard InChI is InChI=1S/C16H21NO2S/c1-10-4-5-12(8-11(10)2)13(9-17)15(18)16-14(19-3)6-7-20-16/h4-8,13,15,18H,9,17H2,1-3H3. The number of benzene rings is 1. The summed E-state index contributed by atoms with van der Waals surface area (Å²) in [5.74, 6) is 0.603. The minimum Gasteiger partial charge on any atom is -0.495 e. The van der Waals surface area contributed by atoms with E-state index in [1.165, 1.54) is 22.5 Å². The lowest BCUT2D eigenvalue weighted by Crippen LogP contribution is -2.20. The fraction of sp³-hybridized carbons (Fsp3) is 0.375. The largest absolute Gasteiger partial charge is 0.495 e. The van der Waals surface area contributed by atoms with E-state index in [0.717, 1.165) is 16.2 Å². The third kappa shape index (κ3) is 2.87. The molecule has 20 heavy (non-hydrogen) atoms. The highest BCUT2D eigenvalue weighted by Gasteiger charge is 2.25. The van der Waals surface area contributed by atoms with Crippen molar-refractivity contribution in [1.29, 1.82) is 0 Å². The summed E-state index contributed by atoms with van der Waals surface area (Å²) in [7, 11) is 1.62. The molecule has 2 rings (SSSR count). The van der Waals surface area contributed by atoms with Gasteiger partial charge in [0.1, 0.15) is 5.75 Å². The van der Waals surface area contributed by atoms with Crippen molar-refractivity contribution in [3.05, 3.63) is 51.2 Å². The molecule has 0 amide bonds. The number of aliphatic hydroxyl groups excluding tert-OH is 1. The Hall–Kier alpha value is -1.36.